The molecule has 0 radical (unpaired) electrons. The SMILES string of the molecule is COc1ccccc1NC(=O)CN[C@@H](c1ccc(Cl)cc1)C(C)C. The molecule has 2 N–H and O–H groups in total. The molecular formula is C19H23ClN2O2. The fourth-order valence-electron chi connectivity index (χ4n) is 2.55. The molecule has 1 atom stereocenters. The third kappa shape index (κ3) is 4.98. The van der Waals surface area contributed by atoms with E-state index >= 15 is 0 Å². The van der Waals surface area contributed by atoms with E-state index in [2.05, 4.69) is 24.5 Å². The topological polar surface area (TPSA) is 50.4 Å². The summed E-state index contributed by atoms with van der Waals surface area (Å²) in [5.74, 6) is 0.869. The summed E-state index contributed by atoms with van der Waals surface area (Å²) in [7, 11) is 1.58. The lowest BCUT2D eigenvalue weighted by Gasteiger charge is -2.23. The molecule has 0 bridgehead atoms. The highest BCUT2D eigenvalue weighted by Gasteiger charge is 2.17. The summed E-state index contributed by atoms with van der Waals surface area (Å²) in [6.07, 6.45) is 0. The molecule has 0 saturated carbocycles. The van der Waals surface area contributed by atoms with Crippen LogP contribution >= 0.6 is 11.6 Å². The lowest BCUT2D eigenvalue weighted by Crippen LogP contribution is -2.33. The average Bonchev–Trinajstić information content (AvgIpc) is 2.57. The van der Waals surface area contributed by atoms with Crippen LogP contribution in [0.4, 0.5) is 5.69 Å². The van der Waals surface area contributed by atoms with Crippen molar-refractivity contribution in [3.8, 4) is 5.75 Å². The van der Waals surface area contributed by atoms with E-state index in [4.69, 9.17) is 16.3 Å². The van der Waals surface area contributed by atoms with Crippen LogP contribution in [0.1, 0.15) is 25.5 Å². The summed E-state index contributed by atoms with van der Waals surface area (Å²) in [4.78, 5) is 12.2. The molecule has 0 heterocycles. The molecule has 0 aromatic heterocycles. The smallest absolute Gasteiger partial charge is 0.238 e. The molecule has 0 saturated heterocycles. The number of rotatable bonds is 7. The normalized spacial score (nSPS) is 12.0. The molecule has 1 amide bonds. The van der Waals surface area contributed by atoms with Gasteiger partial charge in [0.15, 0.2) is 0 Å². The Hall–Kier alpha value is -2.04. The Kier molecular flexibility index (Phi) is 6.64. The first kappa shape index (κ1) is 18.3. The predicted octanol–water partition coefficient (Wildman–Crippen LogP) is 4.27. The van der Waals surface area contributed by atoms with E-state index in [1.807, 2.05) is 48.5 Å². The van der Waals surface area contributed by atoms with Crippen molar-refractivity contribution in [3.63, 3.8) is 0 Å². The van der Waals surface area contributed by atoms with E-state index in [-0.39, 0.29) is 18.5 Å². The van der Waals surface area contributed by atoms with Crippen molar-refractivity contribution in [1.82, 2.24) is 5.32 Å². The Bertz CT molecular complexity index is 671. The Morgan fingerprint density at radius 2 is 1.79 bits per heavy atom. The zero-order valence-electron chi connectivity index (χ0n) is 14.2. The van der Waals surface area contributed by atoms with Crippen molar-refractivity contribution < 1.29 is 9.53 Å². The fraction of sp³-hybridized carbons (Fsp3) is 0.316. The van der Waals surface area contributed by atoms with Gasteiger partial charge in [0.05, 0.1) is 19.3 Å². The first-order valence-electron chi connectivity index (χ1n) is 7.93. The summed E-state index contributed by atoms with van der Waals surface area (Å²) in [6, 6.07) is 15.1. The van der Waals surface area contributed by atoms with E-state index < -0.39 is 0 Å². The number of benzene rings is 2. The second kappa shape index (κ2) is 8.71. The second-order valence-corrected chi connectivity index (χ2v) is 6.34. The number of amides is 1. The molecule has 0 spiro atoms. The zero-order valence-corrected chi connectivity index (χ0v) is 14.9. The van der Waals surface area contributed by atoms with E-state index in [0.717, 1.165) is 5.56 Å². The van der Waals surface area contributed by atoms with Crippen molar-refractivity contribution in [2.75, 3.05) is 19.0 Å². The van der Waals surface area contributed by atoms with Crippen LogP contribution in [-0.4, -0.2) is 19.6 Å². The number of anilines is 1. The molecule has 128 valence electrons. The molecular weight excluding hydrogens is 324 g/mol. The number of halogens is 1. The highest BCUT2D eigenvalue weighted by Crippen LogP contribution is 2.24. The molecule has 4 nitrogen and oxygen atoms in total. The molecule has 2 aromatic rings. The van der Waals surface area contributed by atoms with Crippen LogP contribution in [-0.2, 0) is 4.79 Å². The molecule has 5 heteroatoms. The van der Waals surface area contributed by atoms with Crippen molar-refractivity contribution in [2.24, 2.45) is 5.92 Å². The highest BCUT2D eigenvalue weighted by molar-refractivity contribution is 6.30. The maximum absolute atomic E-state index is 12.2. The van der Waals surface area contributed by atoms with Gasteiger partial charge >= 0.3 is 0 Å². The standard InChI is InChI=1S/C19H23ClN2O2/c1-13(2)19(14-8-10-15(20)11-9-14)21-12-18(23)22-16-6-4-5-7-17(16)24-3/h4-11,13,19,21H,12H2,1-3H3,(H,22,23)/t19-/m1/s1. The van der Waals surface area contributed by atoms with Crippen LogP contribution < -0.4 is 15.4 Å². The first-order chi connectivity index (χ1) is 11.5. The summed E-state index contributed by atoms with van der Waals surface area (Å²) in [5, 5.41) is 6.89. The lowest BCUT2D eigenvalue weighted by atomic mass is 9.96. The van der Waals surface area contributed by atoms with E-state index in [1.165, 1.54) is 0 Å². The van der Waals surface area contributed by atoms with E-state index in [0.29, 0.717) is 22.4 Å². The largest absolute Gasteiger partial charge is 0.495 e. The van der Waals surface area contributed by atoms with Gasteiger partial charge in [-0.2, -0.15) is 0 Å². The number of methoxy groups -OCH3 is 1. The quantitative estimate of drug-likeness (QED) is 0.787. The van der Waals surface area contributed by atoms with Crippen molar-refractivity contribution >= 4 is 23.2 Å². The minimum Gasteiger partial charge on any atom is -0.495 e. The number of carbonyl (C=O) groups is 1. The average molecular weight is 347 g/mol. The molecule has 0 unspecified atom stereocenters. The van der Waals surface area contributed by atoms with Gasteiger partial charge in [-0.15, -0.1) is 0 Å². The van der Waals surface area contributed by atoms with Crippen LogP contribution in [0, 0.1) is 5.92 Å². The number of nitrogens with one attached hydrogen (secondary N) is 2. The van der Waals surface area contributed by atoms with Crippen molar-refractivity contribution in [3.05, 3.63) is 59.1 Å². The third-order valence-electron chi connectivity index (χ3n) is 3.76. The molecule has 2 aromatic carbocycles. The van der Waals surface area contributed by atoms with Crippen LogP contribution in [0.15, 0.2) is 48.5 Å². The third-order valence-corrected chi connectivity index (χ3v) is 4.01. The first-order valence-corrected chi connectivity index (χ1v) is 8.30. The Morgan fingerprint density at radius 3 is 2.42 bits per heavy atom. The Morgan fingerprint density at radius 1 is 1.12 bits per heavy atom. The molecule has 2 rings (SSSR count). The molecule has 0 aliphatic heterocycles. The summed E-state index contributed by atoms with van der Waals surface area (Å²) < 4.78 is 5.24. The van der Waals surface area contributed by atoms with Gasteiger partial charge in [0.2, 0.25) is 5.91 Å². The van der Waals surface area contributed by atoms with Crippen molar-refractivity contribution in [1.29, 1.82) is 0 Å². The minimum absolute atomic E-state index is 0.0747. The van der Waals surface area contributed by atoms with Crippen LogP contribution in [0.2, 0.25) is 5.02 Å². The van der Waals surface area contributed by atoms with Gasteiger partial charge in [0.1, 0.15) is 5.75 Å². The predicted molar refractivity (Wildman–Crippen MR) is 98.7 cm³/mol. The number of para-hydroxylation sites is 2. The van der Waals surface area contributed by atoms with E-state index in [1.54, 1.807) is 7.11 Å². The second-order valence-electron chi connectivity index (χ2n) is 5.90. The van der Waals surface area contributed by atoms with Gasteiger partial charge in [-0.3, -0.25) is 4.79 Å². The zero-order chi connectivity index (χ0) is 17.5. The van der Waals surface area contributed by atoms with Gasteiger partial charge < -0.3 is 15.4 Å². The van der Waals surface area contributed by atoms with E-state index in [9.17, 15) is 4.79 Å². The summed E-state index contributed by atoms with van der Waals surface area (Å²) in [5.41, 5.74) is 1.78. The van der Waals surface area contributed by atoms with Gasteiger partial charge in [0, 0.05) is 11.1 Å². The number of hydrogen-bond donors (Lipinski definition) is 2. The molecule has 0 aliphatic carbocycles. The Balaban J connectivity index is 1.99. The maximum Gasteiger partial charge on any atom is 0.238 e. The number of carbonyl (C=O) groups excluding carboxylic acids is 1. The van der Waals surface area contributed by atoms with Gasteiger partial charge in [-0.05, 0) is 35.7 Å². The molecule has 0 aliphatic rings. The van der Waals surface area contributed by atoms with Gasteiger partial charge in [-0.25, -0.2) is 0 Å². The number of hydrogen-bond acceptors (Lipinski definition) is 3. The summed E-state index contributed by atoms with van der Waals surface area (Å²) >= 11 is 5.95. The molecule has 0 fully saturated rings. The summed E-state index contributed by atoms with van der Waals surface area (Å²) in [6.45, 7) is 4.44. The maximum atomic E-state index is 12.2. The number of ether oxygens (including phenoxy) is 1. The van der Waals surface area contributed by atoms with Crippen LogP contribution in [0.25, 0.3) is 0 Å². The lowest BCUT2D eigenvalue weighted by molar-refractivity contribution is -0.115. The van der Waals surface area contributed by atoms with Crippen molar-refractivity contribution in [2.45, 2.75) is 19.9 Å². The highest BCUT2D eigenvalue weighted by atomic mass is 35.5. The van der Waals surface area contributed by atoms with Crippen LogP contribution in [0.5, 0.6) is 5.75 Å². The monoisotopic (exact) mass is 346 g/mol. The molecule has 24 heavy (non-hydrogen) atoms. The van der Waals surface area contributed by atoms with Crippen LogP contribution in [0.3, 0.4) is 0 Å². The Labute approximate surface area is 148 Å². The minimum atomic E-state index is -0.112. The fourth-order valence-corrected chi connectivity index (χ4v) is 2.68. The van der Waals surface area contributed by atoms with Gasteiger partial charge in [-0.1, -0.05) is 49.7 Å². The van der Waals surface area contributed by atoms with Gasteiger partial charge in [0.25, 0.3) is 0 Å².